The van der Waals surface area contributed by atoms with Gasteiger partial charge in [0.25, 0.3) is 0 Å². The Morgan fingerprint density at radius 2 is 2.00 bits per heavy atom. The summed E-state index contributed by atoms with van der Waals surface area (Å²) in [5, 5.41) is 15.3. The van der Waals surface area contributed by atoms with Crippen molar-refractivity contribution in [1.29, 1.82) is 0 Å². The van der Waals surface area contributed by atoms with Crippen molar-refractivity contribution >= 4 is 11.9 Å². The van der Waals surface area contributed by atoms with Gasteiger partial charge in [-0.1, -0.05) is 5.16 Å². The van der Waals surface area contributed by atoms with E-state index >= 15 is 0 Å². The van der Waals surface area contributed by atoms with E-state index in [1.165, 1.54) is 7.11 Å². The largest absolute Gasteiger partial charge is 0.497 e. The van der Waals surface area contributed by atoms with Gasteiger partial charge in [-0.05, 0) is 30.7 Å². The minimum absolute atomic E-state index is 0.0765. The standard InChI is InChI=1S/C17H21N3O6/c1-24-12-8-6-11(7-9-12)16-19-15(26-20-16)5-3-4-14(21)18-10-13(25-2)17(22)23/h6-9,13H,3-5,10H2,1-2H3,(H,18,21)(H,22,23). The van der Waals surface area contributed by atoms with E-state index in [0.717, 1.165) is 11.3 Å². The molecule has 1 amide bonds. The average molecular weight is 363 g/mol. The van der Waals surface area contributed by atoms with E-state index in [1.54, 1.807) is 19.2 Å². The fourth-order valence-corrected chi connectivity index (χ4v) is 2.18. The predicted molar refractivity (Wildman–Crippen MR) is 90.7 cm³/mol. The molecule has 0 saturated carbocycles. The molecule has 1 heterocycles. The van der Waals surface area contributed by atoms with Gasteiger partial charge in [-0.3, -0.25) is 4.79 Å². The molecule has 26 heavy (non-hydrogen) atoms. The topological polar surface area (TPSA) is 124 Å². The van der Waals surface area contributed by atoms with Crippen LogP contribution in [0.2, 0.25) is 0 Å². The van der Waals surface area contributed by atoms with E-state index in [0.29, 0.717) is 24.6 Å². The second kappa shape index (κ2) is 9.52. The number of ether oxygens (including phenoxy) is 2. The number of carboxylic acid groups (broad SMARTS) is 1. The Morgan fingerprint density at radius 1 is 1.27 bits per heavy atom. The predicted octanol–water partition coefficient (Wildman–Crippen LogP) is 1.28. The lowest BCUT2D eigenvalue weighted by atomic mass is 10.2. The molecule has 2 aromatic rings. The molecule has 0 fully saturated rings. The number of hydrogen-bond acceptors (Lipinski definition) is 7. The van der Waals surface area contributed by atoms with Crippen molar-refractivity contribution in [3.8, 4) is 17.1 Å². The third kappa shape index (κ3) is 5.55. The first kappa shape index (κ1) is 19.4. The fourth-order valence-electron chi connectivity index (χ4n) is 2.18. The molecule has 0 saturated heterocycles. The normalized spacial score (nSPS) is 11.8. The summed E-state index contributed by atoms with van der Waals surface area (Å²) >= 11 is 0. The van der Waals surface area contributed by atoms with E-state index in [4.69, 9.17) is 19.1 Å². The number of amides is 1. The van der Waals surface area contributed by atoms with Crippen molar-refractivity contribution in [1.82, 2.24) is 15.5 Å². The van der Waals surface area contributed by atoms with Crippen LogP contribution in [0.25, 0.3) is 11.4 Å². The number of aliphatic carboxylic acids is 1. The van der Waals surface area contributed by atoms with Gasteiger partial charge in [0.15, 0.2) is 6.10 Å². The van der Waals surface area contributed by atoms with Gasteiger partial charge in [-0.25, -0.2) is 4.79 Å². The van der Waals surface area contributed by atoms with Crippen LogP contribution in [-0.4, -0.2) is 54.0 Å². The lowest BCUT2D eigenvalue weighted by Crippen LogP contribution is -2.37. The quantitative estimate of drug-likeness (QED) is 0.647. The number of hydrogen-bond donors (Lipinski definition) is 2. The third-order valence-corrected chi connectivity index (χ3v) is 3.66. The van der Waals surface area contributed by atoms with Crippen LogP contribution in [0.3, 0.4) is 0 Å². The maximum absolute atomic E-state index is 11.7. The molecule has 0 spiro atoms. The van der Waals surface area contributed by atoms with Crippen molar-refractivity contribution in [3.05, 3.63) is 30.2 Å². The highest BCUT2D eigenvalue weighted by Crippen LogP contribution is 2.20. The second-order valence-corrected chi connectivity index (χ2v) is 5.46. The molecule has 9 nitrogen and oxygen atoms in total. The summed E-state index contributed by atoms with van der Waals surface area (Å²) in [5.74, 6) is 0.260. The Labute approximate surface area is 150 Å². The van der Waals surface area contributed by atoms with Crippen LogP contribution in [0, 0.1) is 0 Å². The Kier molecular flexibility index (Phi) is 7.10. The van der Waals surface area contributed by atoms with Crippen LogP contribution in [-0.2, 0) is 20.7 Å². The van der Waals surface area contributed by atoms with Crippen molar-refractivity contribution in [2.24, 2.45) is 0 Å². The van der Waals surface area contributed by atoms with Gasteiger partial charge in [-0.15, -0.1) is 0 Å². The summed E-state index contributed by atoms with van der Waals surface area (Å²) in [5.41, 5.74) is 0.804. The Balaban J connectivity index is 1.77. The van der Waals surface area contributed by atoms with Crippen LogP contribution >= 0.6 is 0 Å². The summed E-state index contributed by atoms with van der Waals surface area (Å²) in [6.07, 6.45) is 0.113. The third-order valence-electron chi connectivity index (χ3n) is 3.66. The molecule has 140 valence electrons. The van der Waals surface area contributed by atoms with Crippen LogP contribution in [0.5, 0.6) is 5.75 Å². The van der Waals surface area contributed by atoms with E-state index in [9.17, 15) is 9.59 Å². The summed E-state index contributed by atoms with van der Waals surface area (Å²) in [7, 11) is 2.87. The summed E-state index contributed by atoms with van der Waals surface area (Å²) in [4.78, 5) is 26.8. The number of nitrogens with one attached hydrogen (secondary N) is 1. The molecule has 1 unspecified atom stereocenters. The highest BCUT2D eigenvalue weighted by atomic mass is 16.5. The molecule has 0 aliphatic rings. The zero-order chi connectivity index (χ0) is 18.9. The van der Waals surface area contributed by atoms with Crippen molar-refractivity contribution < 1.29 is 28.7 Å². The summed E-state index contributed by atoms with van der Waals surface area (Å²) < 4.78 is 15.0. The zero-order valence-corrected chi connectivity index (χ0v) is 14.6. The second-order valence-electron chi connectivity index (χ2n) is 5.46. The van der Waals surface area contributed by atoms with Crippen molar-refractivity contribution in [2.45, 2.75) is 25.4 Å². The number of nitrogens with zero attached hydrogens (tertiary/aromatic N) is 2. The van der Waals surface area contributed by atoms with Gasteiger partial charge in [0.2, 0.25) is 17.6 Å². The summed E-state index contributed by atoms with van der Waals surface area (Å²) in [6, 6.07) is 7.27. The van der Waals surface area contributed by atoms with Crippen LogP contribution in [0.1, 0.15) is 18.7 Å². The molecule has 1 atom stereocenters. The lowest BCUT2D eigenvalue weighted by molar-refractivity contribution is -0.148. The first-order valence-electron chi connectivity index (χ1n) is 8.02. The average Bonchev–Trinajstić information content (AvgIpc) is 3.11. The molecule has 9 heteroatoms. The minimum atomic E-state index is -1.12. The van der Waals surface area contributed by atoms with Crippen LogP contribution in [0.4, 0.5) is 0 Å². The molecule has 0 aliphatic heterocycles. The fraction of sp³-hybridized carbons (Fsp3) is 0.412. The van der Waals surface area contributed by atoms with Gasteiger partial charge in [0.1, 0.15) is 5.75 Å². The first-order chi connectivity index (χ1) is 12.5. The molecule has 2 N–H and O–H groups in total. The number of carboxylic acids is 1. The minimum Gasteiger partial charge on any atom is -0.497 e. The van der Waals surface area contributed by atoms with E-state index in [-0.39, 0.29) is 18.9 Å². The van der Waals surface area contributed by atoms with E-state index in [2.05, 4.69) is 15.5 Å². The van der Waals surface area contributed by atoms with E-state index < -0.39 is 12.1 Å². The van der Waals surface area contributed by atoms with Gasteiger partial charge in [0.05, 0.1) is 13.7 Å². The molecule has 1 aromatic heterocycles. The smallest absolute Gasteiger partial charge is 0.334 e. The van der Waals surface area contributed by atoms with Gasteiger partial charge >= 0.3 is 5.97 Å². The number of carbonyl (C=O) groups is 2. The number of aromatic nitrogens is 2. The lowest BCUT2D eigenvalue weighted by Gasteiger charge is -2.11. The molecule has 0 bridgehead atoms. The zero-order valence-electron chi connectivity index (χ0n) is 14.6. The number of methoxy groups -OCH3 is 2. The highest BCUT2D eigenvalue weighted by molar-refractivity contribution is 5.78. The Bertz CT molecular complexity index is 728. The van der Waals surface area contributed by atoms with Crippen molar-refractivity contribution in [3.63, 3.8) is 0 Å². The SMILES string of the molecule is COc1ccc(-c2noc(CCCC(=O)NCC(OC)C(=O)O)n2)cc1. The maximum Gasteiger partial charge on any atom is 0.334 e. The molecular formula is C17H21N3O6. The van der Waals surface area contributed by atoms with E-state index in [1.807, 2.05) is 12.1 Å². The molecule has 0 aliphatic carbocycles. The Morgan fingerprint density at radius 3 is 2.62 bits per heavy atom. The monoisotopic (exact) mass is 363 g/mol. The van der Waals surface area contributed by atoms with Gasteiger partial charge < -0.3 is 24.4 Å². The molecule has 2 rings (SSSR count). The molecular weight excluding hydrogens is 342 g/mol. The first-order valence-corrected chi connectivity index (χ1v) is 8.02. The van der Waals surface area contributed by atoms with Gasteiger partial charge in [-0.2, -0.15) is 4.98 Å². The highest BCUT2D eigenvalue weighted by Gasteiger charge is 2.17. The number of benzene rings is 1. The summed E-state index contributed by atoms with van der Waals surface area (Å²) in [6.45, 7) is -0.0765. The Hall–Kier alpha value is -2.94. The van der Waals surface area contributed by atoms with Crippen LogP contribution < -0.4 is 10.1 Å². The number of carbonyl (C=O) groups excluding carboxylic acids is 1. The maximum atomic E-state index is 11.7. The molecule has 0 radical (unpaired) electrons. The molecule has 1 aromatic carbocycles. The van der Waals surface area contributed by atoms with Crippen molar-refractivity contribution in [2.75, 3.05) is 20.8 Å². The number of rotatable bonds is 10. The van der Waals surface area contributed by atoms with Crippen LogP contribution in [0.15, 0.2) is 28.8 Å². The van der Waals surface area contributed by atoms with Gasteiger partial charge in [0, 0.05) is 25.5 Å². The number of aryl methyl sites for hydroxylation is 1.